The molecule has 0 aliphatic carbocycles. The third kappa shape index (κ3) is 2.83. The molecule has 10 heteroatoms. The Morgan fingerprint density at radius 3 is 1.97 bits per heavy atom. The lowest BCUT2D eigenvalue weighted by molar-refractivity contribution is -0.288. The first kappa shape index (κ1) is 23.8. The molecule has 2 aromatic carbocycles. The zero-order valence-corrected chi connectivity index (χ0v) is 19.4. The topological polar surface area (TPSA) is 141 Å². The van der Waals surface area contributed by atoms with Crippen molar-refractivity contribution >= 4 is 5.90 Å². The molecule has 4 atom stereocenters. The summed E-state index contributed by atoms with van der Waals surface area (Å²) in [5, 5.41) is 39.8. The van der Waals surface area contributed by atoms with E-state index in [-0.39, 0.29) is 22.8 Å². The van der Waals surface area contributed by atoms with Crippen LogP contribution in [0.1, 0.15) is 24.2 Å². The van der Waals surface area contributed by atoms with Crippen LogP contribution in [0.25, 0.3) is 0 Å². The Balaban J connectivity index is 2.06. The Morgan fingerprint density at radius 2 is 1.51 bits per heavy atom. The van der Waals surface area contributed by atoms with Crippen molar-refractivity contribution in [2.45, 2.75) is 18.8 Å². The molecule has 2 aromatic rings. The monoisotopic (exact) mass is 476 g/mol. The van der Waals surface area contributed by atoms with E-state index in [0.29, 0.717) is 5.56 Å². The maximum Gasteiger partial charge on any atom is 0.244 e. The van der Waals surface area contributed by atoms with Gasteiger partial charge < -0.3 is 23.7 Å². The molecule has 2 heterocycles. The van der Waals surface area contributed by atoms with E-state index in [1.807, 2.05) is 12.1 Å². The molecule has 0 amide bonds. The number of nitrogens with zero attached hydrogens (tertiary/aromatic N) is 3. The van der Waals surface area contributed by atoms with Crippen LogP contribution >= 0.6 is 0 Å². The fourth-order valence-corrected chi connectivity index (χ4v) is 5.10. The lowest BCUT2D eigenvalue weighted by Crippen LogP contribution is -2.57. The maximum absolute atomic E-state index is 13.7. The summed E-state index contributed by atoms with van der Waals surface area (Å²) >= 11 is 0. The number of nitriles is 3. The van der Waals surface area contributed by atoms with Gasteiger partial charge in [-0.15, -0.1) is 0 Å². The van der Waals surface area contributed by atoms with Crippen LogP contribution in [0.5, 0.6) is 17.2 Å². The van der Waals surface area contributed by atoms with Gasteiger partial charge in [0.25, 0.3) is 0 Å². The molecule has 4 rings (SSSR count). The average molecular weight is 476 g/mol. The van der Waals surface area contributed by atoms with E-state index in [9.17, 15) is 20.2 Å². The third-order valence-corrected chi connectivity index (χ3v) is 6.91. The first-order chi connectivity index (χ1) is 16.7. The van der Waals surface area contributed by atoms with Crippen molar-refractivity contribution in [2.75, 3.05) is 21.3 Å². The second kappa shape index (κ2) is 8.16. The molecule has 0 spiro atoms. The van der Waals surface area contributed by atoms with Crippen LogP contribution in [0.2, 0.25) is 0 Å². The molecule has 1 N–H and O–H groups in total. The van der Waals surface area contributed by atoms with Crippen LogP contribution in [0.3, 0.4) is 0 Å². The first-order valence-electron chi connectivity index (χ1n) is 10.5. The highest BCUT2D eigenvalue weighted by atomic mass is 19.1. The number of hydrogen-bond donors (Lipinski definition) is 1. The molecule has 2 bridgehead atoms. The average Bonchev–Trinajstić information content (AvgIpc) is 3.04. The van der Waals surface area contributed by atoms with Gasteiger partial charge in [-0.1, -0.05) is 6.92 Å². The Hall–Kier alpha value is -4.33. The van der Waals surface area contributed by atoms with Gasteiger partial charge in [-0.05, 0) is 42.0 Å². The SMILES string of the molecule is COc1cc(C2OC3(c4ccc(F)cc4)OC(=N)C(C#N)(C3C)C2(C#N)C#N)cc(OC)c1OC. The van der Waals surface area contributed by atoms with Crippen LogP contribution in [-0.2, 0) is 15.3 Å². The van der Waals surface area contributed by atoms with Gasteiger partial charge in [-0.3, -0.25) is 5.41 Å². The van der Waals surface area contributed by atoms with Crippen molar-refractivity contribution in [1.82, 2.24) is 0 Å². The van der Waals surface area contributed by atoms with E-state index < -0.39 is 40.4 Å². The summed E-state index contributed by atoms with van der Waals surface area (Å²) in [5.74, 6) is -3.05. The molecular weight excluding hydrogens is 455 g/mol. The van der Waals surface area contributed by atoms with Crippen molar-refractivity contribution in [3.63, 3.8) is 0 Å². The molecule has 0 radical (unpaired) electrons. The molecule has 2 saturated heterocycles. The van der Waals surface area contributed by atoms with Gasteiger partial charge in [0.15, 0.2) is 16.9 Å². The van der Waals surface area contributed by atoms with Gasteiger partial charge >= 0.3 is 0 Å². The summed E-state index contributed by atoms with van der Waals surface area (Å²) in [5.41, 5.74) is -3.61. The highest BCUT2D eigenvalue weighted by Gasteiger charge is 2.79. The van der Waals surface area contributed by atoms with Crippen molar-refractivity contribution in [1.29, 1.82) is 21.2 Å². The van der Waals surface area contributed by atoms with Crippen LogP contribution in [0.15, 0.2) is 36.4 Å². The molecular formula is C25H21FN4O5. The molecule has 9 nitrogen and oxygen atoms in total. The quantitative estimate of drug-likeness (QED) is 0.683. The largest absolute Gasteiger partial charge is 0.493 e. The van der Waals surface area contributed by atoms with E-state index in [2.05, 4.69) is 6.07 Å². The fraction of sp³-hybridized carbons (Fsp3) is 0.360. The number of nitrogens with one attached hydrogen (secondary N) is 1. The molecule has 0 saturated carbocycles. The predicted molar refractivity (Wildman–Crippen MR) is 118 cm³/mol. The van der Waals surface area contributed by atoms with E-state index >= 15 is 0 Å². The van der Waals surface area contributed by atoms with Crippen LogP contribution in [0.4, 0.5) is 4.39 Å². The summed E-state index contributed by atoms with van der Waals surface area (Å²) in [6.07, 6.45) is -1.39. The zero-order chi connectivity index (χ0) is 25.6. The van der Waals surface area contributed by atoms with Gasteiger partial charge in [0.05, 0.1) is 45.5 Å². The van der Waals surface area contributed by atoms with Crippen molar-refractivity contribution in [3.8, 4) is 35.5 Å². The second-order valence-corrected chi connectivity index (χ2v) is 8.24. The highest BCUT2D eigenvalue weighted by Crippen LogP contribution is 2.69. The first-order valence-corrected chi connectivity index (χ1v) is 10.5. The molecule has 178 valence electrons. The number of benzene rings is 2. The minimum atomic E-state index is -2.19. The maximum atomic E-state index is 13.7. The third-order valence-electron chi connectivity index (χ3n) is 6.91. The molecule has 2 aliphatic heterocycles. The van der Waals surface area contributed by atoms with Crippen LogP contribution in [0, 0.1) is 62.0 Å². The fourth-order valence-electron chi connectivity index (χ4n) is 5.10. The van der Waals surface area contributed by atoms with Gasteiger partial charge in [0.2, 0.25) is 22.8 Å². The molecule has 0 aromatic heterocycles. The predicted octanol–water partition coefficient (Wildman–Crippen LogP) is 3.96. The summed E-state index contributed by atoms with van der Waals surface area (Å²) in [6.45, 7) is 1.57. The summed E-state index contributed by atoms with van der Waals surface area (Å²) < 4.78 is 42.3. The smallest absolute Gasteiger partial charge is 0.244 e. The van der Waals surface area contributed by atoms with Crippen molar-refractivity contribution in [3.05, 3.63) is 53.3 Å². The van der Waals surface area contributed by atoms with E-state index in [4.69, 9.17) is 29.1 Å². The van der Waals surface area contributed by atoms with Gasteiger partial charge in [0.1, 0.15) is 11.9 Å². The number of halogens is 1. The number of methoxy groups -OCH3 is 3. The Bertz CT molecular complexity index is 1290. The summed E-state index contributed by atoms with van der Waals surface area (Å²) in [4.78, 5) is 0. The Kier molecular flexibility index (Phi) is 5.55. The lowest BCUT2D eigenvalue weighted by Gasteiger charge is -2.48. The van der Waals surface area contributed by atoms with Crippen molar-refractivity contribution < 1.29 is 28.1 Å². The van der Waals surface area contributed by atoms with Gasteiger partial charge in [0, 0.05) is 5.56 Å². The molecule has 4 unspecified atom stereocenters. The standard InChI is InChI=1S/C25H21FN4O5/c1-14-24(13-29)22(30)35-25(14,16-5-7-17(26)8-6-16)34-21(23(24,11-27)12-28)15-9-18(31-2)20(33-4)19(10-15)32-3/h5-10,14,21,30H,1-4H3. The summed E-state index contributed by atoms with van der Waals surface area (Å²) in [7, 11) is 4.25. The number of fused-ring (bicyclic) bond motifs is 2. The minimum absolute atomic E-state index is 0.235. The lowest BCUT2D eigenvalue weighted by atomic mass is 9.53. The van der Waals surface area contributed by atoms with Crippen LogP contribution in [-0.4, -0.2) is 27.2 Å². The molecule has 2 fully saturated rings. The highest BCUT2D eigenvalue weighted by molar-refractivity contribution is 5.89. The van der Waals surface area contributed by atoms with Gasteiger partial charge in [-0.2, -0.15) is 15.8 Å². The zero-order valence-electron chi connectivity index (χ0n) is 19.4. The number of ether oxygens (including phenoxy) is 5. The molecule has 2 aliphatic rings. The second-order valence-electron chi connectivity index (χ2n) is 8.24. The van der Waals surface area contributed by atoms with E-state index in [1.54, 1.807) is 6.92 Å². The Morgan fingerprint density at radius 1 is 0.943 bits per heavy atom. The minimum Gasteiger partial charge on any atom is -0.493 e. The number of rotatable bonds is 5. The molecule has 35 heavy (non-hydrogen) atoms. The normalized spacial score (nSPS) is 28.1. The van der Waals surface area contributed by atoms with E-state index in [1.165, 1.54) is 57.7 Å². The Labute approximate surface area is 201 Å². The number of hydrogen-bond acceptors (Lipinski definition) is 9. The summed E-state index contributed by atoms with van der Waals surface area (Å²) in [6, 6.07) is 14.3. The van der Waals surface area contributed by atoms with Crippen molar-refractivity contribution in [2.24, 2.45) is 16.7 Å². The van der Waals surface area contributed by atoms with E-state index in [0.717, 1.165) is 0 Å². The van der Waals surface area contributed by atoms with Crippen LogP contribution < -0.4 is 14.2 Å². The van der Waals surface area contributed by atoms with Gasteiger partial charge in [-0.25, -0.2) is 4.39 Å².